The molecule has 0 spiro atoms. The Labute approximate surface area is 175 Å². The standard InChI is InChI=1S/C19H16N4O5S2/c1-30(27,28)10-6-7-13-15(8-10)29-19(22-13)23-16(24)9-14-18(26)20-12-5-3-2-4-11(12)17(25)21-14/h2-8,14H,9H2,1H3,(H,20,26)(H,21,25)(H,22,23,24). The van der Waals surface area contributed by atoms with E-state index in [9.17, 15) is 22.8 Å². The van der Waals surface area contributed by atoms with Crippen LogP contribution in [0.5, 0.6) is 0 Å². The molecule has 30 heavy (non-hydrogen) atoms. The summed E-state index contributed by atoms with van der Waals surface area (Å²) in [5, 5.41) is 8.07. The first-order chi connectivity index (χ1) is 14.2. The Hall–Kier alpha value is -3.31. The highest BCUT2D eigenvalue weighted by molar-refractivity contribution is 7.90. The minimum absolute atomic E-state index is 0.161. The summed E-state index contributed by atoms with van der Waals surface area (Å²) < 4.78 is 24.0. The summed E-state index contributed by atoms with van der Waals surface area (Å²) in [6.07, 6.45) is 0.832. The van der Waals surface area contributed by atoms with E-state index in [1.54, 1.807) is 30.3 Å². The van der Waals surface area contributed by atoms with E-state index < -0.39 is 33.6 Å². The average Bonchev–Trinajstić information content (AvgIpc) is 3.03. The molecule has 3 amide bonds. The number of nitrogens with zero attached hydrogens (tertiary/aromatic N) is 1. The van der Waals surface area contributed by atoms with Crippen LogP contribution in [-0.2, 0) is 19.4 Å². The van der Waals surface area contributed by atoms with Crippen LogP contribution in [0.1, 0.15) is 16.8 Å². The van der Waals surface area contributed by atoms with Gasteiger partial charge in [0, 0.05) is 6.26 Å². The Balaban J connectivity index is 1.48. The zero-order chi connectivity index (χ0) is 21.5. The summed E-state index contributed by atoms with van der Waals surface area (Å²) in [7, 11) is -3.36. The lowest BCUT2D eigenvalue weighted by atomic mass is 10.1. The molecule has 0 saturated heterocycles. The van der Waals surface area contributed by atoms with E-state index in [4.69, 9.17) is 0 Å². The fourth-order valence-corrected chi connectivity index (χ4v) is 4.64. The van der Waals surface area contributed by atoms with Gasteiger partial charge in [-0.05, 0) is 30.3 Å². The van der Waals surface area contributed by atoms with Crippen LogP contribution >= 0.6 is 11.3 Å². The van der Waals surface area contributed by atoms with Gasteiger partial charge < -0.3 is 16.0 Å². The number of amides is 3. The molecule has 1 aromatic heterocycles. The highest BCUT2D eigenvalue weighted by atomic mass is 32.2. The Kier molecular flexibility index (Phi) is 5.00. The maximum atomic E-state index is 12.4. The van der Waals surface area contributed by atoms with Gasteiger partial charge in [-0.25, -0.2) is 13.4 Å². The van der Waals surface area contributed by atoms with Crippen molar-refractivity contribution >= 4 is 59.9 Å². The quantitative estimate of drug-likeness (QED) is 0.562. The fraction of sp³-hybridized carbons (Fsp3) is 0.158. The lowest BCUT2D eigenvalue weighted by Crippen LogP contribution is -2.43. The van der Waals surface area contributed by atoms with E-state index >= 15 is 0 Å². The summed E-state index contributed by atoms with van der Waals surface area (Å²) >= 11 is 1.12. The SMILES string of the molecule is CS(=O)(=O)c1ccc2nc(NC(=O)CC3NC(=O)c4ccccc4NC3=O)sc2c1. The molecule has 2 heterocycles. The predicted octanol–water partition coefficient (Wildman–Crippen LogP) is 1.78. The van der Waals surface area contributed by atoms with Crippen molar-refractivity contribution in [1.29, 1.82) is 0 Å². The van der Waals surface area contributed by atoms with Crippen molar-refractivity contribution in [2.45, 2.75) is 17.4 Å². The first-order valence-electron chi connectivity index (χ1n) is 8.82. The molecular formula is C19H16N4O5S2. The molecule has 0 saturated carbocycles. The van der Waals surface area contributed by atoms with Crippen molar-refractivity contribution in [3.05, 3.63) is 48.0 Å². The van der Waals surface area contributed by atoms with Gasteiger partial charge >= 0.3 is 0 Å². The number of carbonyl (C=O) groups is 3. The minimum atomic E-state index is -3.36. The summed E-state index contributed by atoms with van der Waals surface area (Å²) in [4.78, 5) is 41.6. The Morgan fingerprint density at radius 1 is 1.20 bits per heavy atom. The van der Waals surface area contributed by atoms with Gasteiger partial charge in [0.1, 0.15) is 6.04 Å². The Morgan fingerprint density at radius 3 is 2.73 bits per heavy atom. The maximum absolute atomic E-state index is 12.4. The molecule has 3 aromatic rings. The summed E-state index contributed by atoms with van der Waals surface area (Å²) in [6.45, 7) is 0. The second-order valence-electron chi connectivity index (χ2n) is 6.73. The zero-order valence-electron chi connectivity index (χ0n) is 15.6. The number of fused-ring (bicyclic) bond motifs is 2. The Bertz CT molecular complexity index is 1300. The molecule has 154 valence electrons. The van der Waals surface area contributed by atoms with E-state index in [-0.39, 0.29) is 16.4 Å². The van der Waals surface area contributed by atoms with Gasteiger partial charge in [-0.2, -0.15) is 0 Å². The summed E-state index contributed by atoms with van der Waals surface area (Å²) in [5.41, 5.74) is 1.25. The topological polar surface area (TPSA) is 134 Å². The number of hydrogen-bond acceptors (Lipinski definition) is 7. The van der Waals surface area contributed by atoms with Crippen molar-refractivity contribution in [3.8, 4) is 0 Å². The van der Waals surface area contributed by atoms with Gasteiger partial charge in [-0.1, -0.05) is 23.5 Å². The van der Waals surface area contributed by atoms with Gasteiger partial charge in [0.2, 0.25) is 11.8 Å². The van der Waals surface area contributed by atoms with E-state index in [0.29, 0.717) is 21.5 Å². The van der Waals surface area contributed by atoms with Crippen molar-refractivity contribution in [2.24, 2.45) is 0 Å². The summed E-state index contributed by atoms with van der Waals surface area (Å²) in [5.74, 6) is -1.45. The molecule has 0 fully saturated rings. The van der Waals surface area contributed by atoms with Crippen LogP contribution in [0, 0.1) is 0 Å². The molecule has 11 heteroatoms. The number of carbonyl (C=O) groups excluding carboxylic acids is 3. The van der Waals surface area contributed by atoms with Crippen LogP contribution in [0.4, 0.5) is 10.8 Å². The predicted molar refractivity (Wildman–Crippen MR) is 112 cm³/mol. The van der Waals surface area contributed by atoms with E-state index in [1.807, 2.05) is 0 Å². The number of sulfone groups is 1. The molecule has 9 nitrogen and oxygen atoms in total. The number of para-hydroxylation sites is 1. The van der Waals surface area contributed by atoms with Crippen LogP contribution in [0.3, 0.4) is 0 Å². The third-order valence-corrected chi connectivity index (χ3v) is 6.52. The first-order valence-corrected chi connectivity index (χ1v) is 11.5. The van der Waals surface area contributed by atoms with Gasteiger partial charge in [0.05, 0.1) is 32.8 Å². The molecule has 0 radical (unpaired) electrons. The zero-order valence-corrected chi connectivity index (χ0v) is 17.3. The number of thiazole rings is 1. The number of rotatable bonds is 4. The number of benzene rings is 2. The number of anilines is 2. The van der Waals surface area contributed by atoms with E-state index in [2.05, 4.69) is 20.9 Å². The van der Waals surface area contributed by atoms with Crippen LogP contribution in [0.2, 0.25) is 0 Å². The lowest BCUT2D eigenvalue weighted by Gasteiger charge is -2.13. The molecular weight excluding hydrogens is 428 g/mol. The highest BCUT2D eigenvalue weighted by Gasteiger charge is 2.29. The second kappa shape index (κ2) is 7.50. The van der Waals surface area contributed by atoms with Crippen molar-refractivity contribution in [2.75, 3.05) is 16.9 Å². The van der Waals surface area contributed by atoms with Crippen LogP contribution in [-0.4, -0.2) is 43.4 Å². The average molecular weight is 444 g/mol. The van der Waals surface area contributed by atoms with Crippen molar-refractivity contribution in [1.82, 2.24) is 10.3 Å². The molecule has 1 aliphatic rings. The van der Waals surface area contributed by atoms with E-state index in [0.717, 1.165) is 17.6 Å². The highest BCUT2D eigenvalue weighted by Crippen LogP contribution is 2.28. The number of nitrogens with one attached hydrogen (secondary N) is 3. The summed E-state index contributed by atoms with van der Waals surface area (Å²) in [6, 6.07) is 10.0. The third kappa shape index (κ3) is 4.02. The van der Waals surface area contributed by atoms with Gasteiger partial charge in [-0.15, -0.1) is 0 Å². The normalized spacial score (nSPS) is 16.4. The van der Waals surface area contributed by atoms with Gasteiger partial charge in [-0.3, -0.25) is 14.4 Å². The second-order valence-corrected chi connectivity index (χ2v) is 9.78. The molecule has 0 aliphatic carbocycles. The molecule has 1 atom stereocenters. The molecule has 3 N–H and O–H groups in total. The monoisotopic (exact) mass is 444 g/mol. The van der Waals surface area contributed by atoms with Crippen LogP contribution < -0.4 is 16.0 Å². The minimum Gasteiger partial charge on any atom is -0.340 e. The number of hydrogen-bond donors (Lipinski definition) is 3. The largest absolute Gasteiger partial charge is 0.340 e. The third-order valence-electron chi connectivity index (χ3n) is 4.48. The van der Waals surface area contributed by atoms with Crippen LogP contribution in [0.25, 0.3) is 10.2 Å². The molecule has 0 bridgehead atoms. The lowest BCUT2D eigenvalue weighted by molar-refractivity contribution is -0.122. The van der Waals surface area contributed by atoms with Gasteiger partial charge in [0.25, 0.3) is 5.91 Å². The fourth-order valence-electron chi connectivity index (χ4n) is 3.00. The van der Waals surface area contributed by atoms with E-state index in [1.165, 1.54) is 12.1 Å². The molecule has 1 unspecified atom stereocenters. The molecule has 2 aromatic carbocycles. The van der Waals surface area contributed by atoms with Gasteiger partial charge in [0.15, 0.2) is 15.0 Å². The van der Waals surface area contributed by atoms with Crippen molar-refractivity contribution in [3.63, 3.8) is 0 Å². The molecule has 1 aliphatic heterocycles. The molecule has 4 rings (SSSR count). The number of aromatic nitrogens is 1. The van der Waals surface area contributed by atoms with Crippen LogP contribution in [0.15, 0.2) is 47.4 Å². The van der Waals surface area contributed by atoms with Crippen molar-refractivity contribution < 1.29 is 22.8 Å². The maximum Gasteiger partial charge on any atom is 0.254 e. The smallest absolute Gasteiger partial charge is 0.254 e. The first kappa shape index (κ1) is 20.0. The Morgan fingerprint density at radius 2 is 1.97 bits per heavy atom.